The number of carbonyl (C=O) groups excluding carboxylic acids is 1. The zero-order chi connectivity index (χ0) is 18.9. The minimum absolute atomic E-state index is 0.332. The molecule has 7 nitrogen and oxygen atoms in total. The van der Waals surface area contributed by atoms with E-state index < -0.39 is 24.2 Å². The lowest BCUT2D eigenvalue weighted by atomic mass is 9.97. The summed E-state index contributed by atoms with van der Waals surface area (Å²) in [6.07, 6.45) is -0.745. The first kappa shape index (κ1) is 19.9. The number of benzene rings is 2. The Morgan fingerprint density at radius 2 is 1.77 bits per heavy atom. The van der Waals surface area contributed by atoms with Crippen LogP contribution in [0.1, 0.15) is 11.1 Å². The molecular weight excluding hydrogens is 334 g/mol. The maximum atomic E-state index is 12.0. The van der Waals surface area contributed by atoms with Gasteiger partial charge in [0, 0.05) is 12.6 Å². The third-order valence-corrected chi connectivity index (χ3v) is 4.15. The zero-order valence-corrected chi connectivity index (χ0v) is 14.7. The molecule has 0 spiro atoms. The molecule has 0 aromatic heterocycles. The Labute approximate surface area is 152 Å². The lowest BCUT2D eigenvalue weighted by molar-refractivity contribution is -0.150. The normalized spacial score (nSPS) is 14.3. The van der Waals surface area contributed by atoms with E-state index in [1.165, 1.54) is 0 Å². The molecule has 2 aromatic carbocycles. The van der Waals surface area contributed by atoms with Gasteiger partial charge >= 0.3 is 5.97 Å². The molecule has 3 atom stereocenters. The van der Waals surface area contributed by atoms with Crippen molar-refractivity contribution in [2.45, 2.75) is 31.2 Å². The molecule has 2 aromatic rings. The summed E-state index contributed by atoms with van der Waals surface area (Å²) >= 11 is 0. The molecule has 0 amide bonds. The largest absolute Gasteiger partial charge is 0.497 e. The Balaban J connectivity index is 2.01. The fraction of sp³-hybridized carbons (Fsp3) is 0.316. The molecule has 3 unspecified atom stereocenters. The number of carbonyl (C=O) groups is 1. The van der Waals surface area contributed by atoms with Crippen LogP contribution in [0.3, 0.4) is 0 Å². The summed E-state index contributed by atoms with van der Waals surface area (Å²) in [6, 6.07) is 15.1. The lowest BCUT2D eigenvalue weighted by Crippen LogP contribution is -2.55. The van der Waals surface area contributed by atoms with Gasteiger partial charge in [-0.25, -0.2) is 4.79 Å². The van der Waals surface area contributed by atoms with Crippen LogP contribution in [0.4, 0.5) is 0 Å². The predicted octanol–water partition coefficient (Wildman–Crippen LogP) is 0.501. The van der Waals surface area contributed by atoms with E-state index in [1.54, 1.807) is 7.11 Å². The zero-order valence-electron chi connectivity index (χ0n) is 14.7. The number of methoxy groups -OCH3 is 1. The summed E-state index contributed by atoms with van der Waals surface area (Å²) in [5.41, 5.74) is 7.97. The molecule has 6 N–H and O–H groups in total. The van der Waals surface area contributed by atoms with Crippen LogP contribution in [-0.2, 0) is 22.6 Å². The number of ether oxygens (including phenoxy) is 1. The SMILES string of the molecule is COc1ccc(CNC(C(=O)ON)C(O)C(N)Cc2ccccc2)cc1. The molecule has 0 aliphatic carbocycles. The molecule has 0 aliphatic heterocycles. The molecule has 0 bridgehead atoms. The van der Waals surface area contributed by atoms with E-state index in [9.17, 15) is 9.90 Å². The van der Waals surface area contributed by atoms with Crippen molar-refractivity contribution < 1.29 is 19.5 Å². The maximum absolute atomic E-state index is 12.0. The van der Waals surface area contributed by atoms with Crippen LogP contribution in [0.5, 0.6) is 5.75 Å². The molecule has 26 heavy (non-hydrogen) atoms. The highest BCUT2D eigenvalue weighted by atomic mass is 16.7. The summed E-state index contributed by atoms with van der Waals surface area (Å²) in [5, 5.41) is 13.5. The maximum Gasteiger partial charge on any atom is 0.344 e. The van der Waals surface area contributed by atoms with E-state index >= 15 is 0 Å². The summed E-state index contributed by atoms with van der Waals surface area (Å²) < 4.78 is 5.11. The monoisotopic (exact) mass is 359 g/mol. The number of nitrogens with one attached hydrogen (secondary N) is 1. The summed E-state index contributed by atoms with van der Waals surface area (Å²) in [6.45, 7) is 0.332. The number of aliphatic hydroxyl groups excluding tert-OH is 1. The van der Waals surface area contributed by atoms with Crippen LogP contribution >= 0.6 is 0 Å². The molecule has 140 valence electrons. The van der Waals surface area contributed by atoms with E-state index in [4.69, 9.17) is 16.4 Å². The van der Waals surface area contributed by atoms with Crippen LogP contribution in [0.2, 0.25) is 0 Å². The van der Waals surface area contributed by atoms with Crippen LogP contribution in [0, 0.1) is 0 Å². The third kappa shape index (κ3) is 5.53. The van der Waals surface area contributed by atoms with E-state index in [2.05, 4.69) is 10.2 Å². The number of hydrogen-bond donors (Lipinski definition) is 4. The Morgan fingerprint density at radius 3 is 2.35 bits per heavy atom. The van der Waals surface area contributed by atoms with Gasteiger partial charge in [-0.1, -0.05) is 42.5 Å². The van der Waals surface area contributed by atoms with Crippen LogP contribution < -0.4 is 21.7 Å². The van der Waals surface area contributed by atoms with E-state index in [-0.39, 0.29) is 0 Å². The highest BCUT2D eigenvalue weighted by Crippen LogP contribution is 2.12. The van der Waals surface area contributed by atoms with E-state index in [1.807, 2.05) is 54.6 Å². The lowest BCUT2D eigenvalue weighted by Gasteiger charge is -2.26. The topological polar surface area (TPSA) is 120 Å². The minimum atomic E-state index is -1.16. The van der Waals surface area contributed by atoms with Gasteiger partial charge in [-0.15, -0.1) is 0 Å². The molecule has 0 heterocycles. The Kier molecular flexibility index (Phi) is 7.55. The summed E-state index contributed by atoms with van der Waals surface area (Å²) in [5.74, 6) is 4.98. The highest BCUT2D eigenvalue weighted by Gasteiger charge is 2.32. The summed E-state index contributed by atoms with van der Waals surface area (Å²) in [4.78, 5) is 16.3. The number of aliphatic hydroxyl groups is 1. The first-order valence-corrected chi connectivity index (χ1v) is 8.29. The molecule has 2 rings (SSSR count). The van der Waals surface area contributed by atoms with Crippen molar-refractivity contribution in [1.29, 1.82) is 0 Å². The average molecular weight is 359 g/mol. The van der Waals surface area contributed by atoms with Crippen molar-refractivity contribution in [3.8, 4) is 5.75 Å². The van der Waals surface area contributed by atoms with E-state index in [0.29, 0.717) is 13.0 Å². The van der Waals surface area contributed by atoms with Crippen molar-refractivity contribution in [2.24, 2.45) is 11.6 Å². The van der Waals surface area contributed by atoms with Crippen molar-refractivity contribution in [2.75, 3.05) is 7.11 Å². The molecule has 7 heteroatoms. The van der Waals surface area contributed by atoms with Crippen LogP contribution in [-0.4, -0.2) is 36.4 Å². The second-order valence-corrected chi connectivity index (χ2v) is 5.99. The van der Waals surface area contributed by atoms with Crippen molar-refractivity contribution >= 4 is 5.97 Å². The van der Waals surface area contributed by atoms with Crippen LogP contribution in [0.15, 0.2) is 54.6 Å². The van der Waals surface area contributed by atoms with Gasteiger partial charge in [-0.05, 0) is 29.7 Å². The highest BCUT2D eigenvalue weighted by molar-refractivity contribution is 5.76. The first-order valence-electron chi connectivity index (χ1n) is 8.29. The average Bonchev–Trinajstić information content (AvgIpc) is 2.68. The van der Waals surface area contributed by atoms with Gasteiger partial charge in [0.1, 0.15) is 11.8 Å². The Bertz CT molecular complexity index is 679. The third-order valence-electron chi connectivity index (χ3n) is 4.15. The van der Waals surface area contributed by atoms with Gasteiger partial charge in [0.15, 0.2) is 0 Å². The van der Waals surface area contributed by atoms with E-state index in [0.717, 1.165) is 16.9 Å². The molecule has 0 aliphatic rings. The Morgan fingerprint density at radius 1 is 1.12 bits per heavy atom. The molecule has 0 fully saturated rings. The first-order chi connectivity index (χ1) is 12.5. The molecule has 0 radical (unpaired) electrons. The van der Waals surface area contributed by atoms with Gasteiger partial charge in [0.05, 0.1) is 13.2 Å². The molecule has 0 saturated carbocycles. The number of rotatable bonds is 9. The smallest absolute Gasteiger partial charge is 0.344 e. The predicted molar refractivity (Wildman–Crippen MR) is 98.0 cm³/mol. The van der Waals surface area contributed by atoms with Gasteiger partial charge in [-0.2, -0.15) is 5.90 Å². The standard InChI is InChI=1S/C19H25N3O4/c1-25-15-9-7-14(8-10-15)12-22-17(19(24)26-21)18(23)16(20)11-13-5-3-2-4-6-13/h2-10,16-18,22-23H,11-12,20-21H2,1H3. The summed E-state index contributed by atoms with van der Waals surface area (Å²) in [7, 11) is 1.59. The van der Waals surface area contributed by atoms with Crippen molar-refractivity contribution in [1.82, 2.24) is 5.32 Å². The quantitative estimate of drug-likeness (QED) is 0.481. The van der Waals surface area contributed by atoms with Gasteiger partial charge in [-0.3, -0.25) is 5.32 Å². The molecular formula is C19H25N3O4. The van der Waals surface area contributed by atoms with Crippen molar-refractivity contribution in [3.05, 3.63) is 65.7 Å². The number of hydrogen-bond acceptors (Lipinski definition) is 7. The molecule has 0 saturated heterocycles. The fourth-order valence-corrected chi connectivity index (χ4v) is 2.64. The minimum Gasteiger partial charge on any atom is -0.497 e. The Hall–Kier alpha value is -2.45. The van der Waals surface area contributed by atoms with Crippen molar-refractivity contribution in [3.63, 3.8) is 0 Å². The number of nitrogens with two attached hydrogens (primary N) is 2. The van der Waals surface area contributed by atoms with Gasteiger partial charge in [0.25, 0.3) is 0 Å². The second kappa shape index (κ2) is 9.88. The second-order valence-electron chi connectivity index (χ2n) is 5.99. The van der Waals surface area contributed by atoms with Gasteiger partial charge in [0.2, 0.25) is 0 Å². The van der Waals surface area contributed by atoms with Crippen LogP contribution in [0.25, 0.3) is 0 Å². The van der Waals surface area contributed by atoms with Gasteiger partial charge < -0.3 is 20.4 Å². The fourth-order valence-electron chi connectivity index (χ4n) is 2.64.